The summed E-state index contributed by atoms with van der Waals surface area (Å²) in [5.41, 5.74) is 0.220. The molecular weight excluding hydrogens is 561 g/mol. The molecule has 1 atom stereocenters. The number of alkyl halides is 2. The number of hydrogen-bond donors (Lipinski definition) is 2. The van der Waals surface area contributed by atoms with E-state index in [4.69, 9.17) is 4.74 Å². The number of amides is 1. The Hall–Kier alpha value is -3.24. The third-order valence-electron chi connectivity index (χ3n) is 8.57. The number of nitrogens with one attached hydrogen (secondary N) is 1. The number of aromatic nitrogens is 1. The Morgan fingerprint density at radius 2 is 1.81 bits per heavy atom. The zero-order valence-electron chi connectivity index (χ0n) is 25.7. The van der Waals surface area contributed by atoms with Crippen molar-refractivity contribution in [3.63, 3.8) is 0 Å². The Bertz CT molecular complexity index is 1530. The molecule has 0 saturated heterocycles. The van der Waals surface area contributed by atoms with Crippen LogP contribution in [0.4, 0.5) is 18.9 Å². The highest BCUT2D eigenvalue weighted by atomic mass is 19.3. The molecule has 2 heterocycles. The van der Waals surface area contributed by atoms with Crippen LogP contribution in [0.1, 0.15) is 78.5 Å². The zero-order chi connectivity index (χ0) is 31.4. The van der Waals surface area contributed by atoms with E-state index >= 15 is 4.39 Å². The molecule has 5 rings (SSSR count). The first kappa shape index (κ1) is 31.2. The average Bonchev–Trinajstić information content (AvgIpc) is 3.58. The number of halogens is 3. The number of anilines is 1. The van der Waals surface area contributed by atoms with Gasteiger partial charge in [-0.2, -0.15) is 0 Å². The van der Waals surface area contributed by atoms with Gasteiger partial charge in [-0.1, -0.05) is 40.2 Å². The number of fused-ring (bicyclic) bond motifs is 2. The monoisotopic (exact) mass is 602 g/mol. The summed E-state index contributed by atoms with van der Waals surface area (Å²) in [6.45, 7) is 13.2. The number of carbonyl (C=O) groups is 1. The summed E-state index contributed by atoms with van der Waals surface area (Å²) in [5, 5.41) is 13.7. The summed E-state index contributed by atoms with van der Waals surface area (Å²) < 4.78 is 59.9. The van der Waals surface area contributed by atoms with Crippen LogP contribution < -0.4 is 14.8 Å². The maximum Gasteiger partial charge on any atom is 0.586 e. The normalized spacial score (nSPS) is 17.7. The zero-order valence-corrected chi connectivity index (χ0v) is 25.7. The van der Waals surface area contributed by atoms with Gasteiger partial charge in [0.15, 0.2) is 11.5 Å². The van der Waals surface area contributed by atoms with Gasteiger partial charge in [-0.3, -0.25) is 4.79 Å². The predicted octanol–water partition coefficient (Wildman–Crippen LogP) is 7.27. The number of hydrogen-bond acceptors (Lipinski definition) is 5. The van der Waals surface area contributed by atoms with Crippen molar-refractivity contribution in [2.45, 2.75) is 96.5 Å². The van der Waals surface area contributed by atoms with E-state index in [1.807, 2.05) is 24.5 Å². The van der Waals surface area contributed by atoms with E-state index in [2.05, 4.69) is 42.5 Å². The lowest BCUT2D eigenvalue weighted by molar-refractivity contribution is -0.286. The highest BCUT2D eigenvalue weighted by molar-refractivity contribution is 6.03. The van der Waals surface area contributed by atoms with Gasteiger partial charge in [-0.05, 0) is 68.9 Å². The van der Waals surface area contributed by atoms with E-state index in [9.17, 15) is 18.7 Å². The van der Waals surface area contributed by atoms with Crippen molar-refractivity contribution in [3.05, 3.63) is 53.5 Å². The molecule has 0 spiro atoms. The van der Waals surface area contributed by atoms with Gasteiger partial charge in [-0.15, -0.1) is 8.78 Å². The van der Waals surface area contributed by atoms with E-state index in [1.54, 1.807) is 12.1 Å². The van der Waals surface area contributed by atoms with E-state index in [1.165, 1.54) is 18.2 Å². The Morgan fingerprint density at radius 1 is 1.12 bits per heavy atom. The molecule has 3 aromatic rings. The number of ether oxygens (including phenoxy) is 3. The van der Waals surface area contributed by atoms with Crippen molar-refractivity contribution >= 4 is 22.5 Å². The standard InChI is InChI=1S/C33H41F3N2O5/c1-7-10-31(5,6)41-18-20(2)17-38-25-16-23(34)24(13-21(25)14-28(38)30(3,4)19-39)37-29(40)32(11-12-32)22-8-9-26-27(15-22)43-33(35,36)42-26/h8-9,13-16,20,39H,7,10-12,17-19H2,1-6H3,(H,37,40). The van der Waals surface area contributed by atoms with Gasteiger partial charge in [0.1, 0.15) is 5.82 Å². The molecule has 234 valence electrons. The molecule has 1 aliphatic carbocycles. The minimum atomic E-state index is -3.76. The van der Waals surface area contributed by atoms with Gasteiger partial charge in [0.05, 0.1) is 35.4 Å². The third-order valence-corrected chi connectivity index (χ3v) is 8.57. The second kappa shape index (κ2) is 11.0. The Morgan fingerprint density at radius 3 is 2.47 bits per heavy atom. The van der Waals surface area contributed by atoms with Crippen LogP contribution in [-0.2, 0) is 26.9 Å². The maximum atomic E-state index is 15.6. The molecule has 2 N–H and O–H groups in total. The number of nitrogens with zero attached hydrogens (tertiary/aromatic N) is 1. The quantitative estimate of drug-likeness (QED) is 0.228. The summed E-state index contributed by atoms with van der Waals surface area (Å²) in [6.07, 6.45) is -0.819. The molecule has 2 aliphatic rings. The van der Waals surface area contributed by atoms with E-state index in [0.29, 0.717) is 37.1 Å². The molecule has 1 aliphatic heterocycles. The van der Waals surface area contributed by atoms with Crippen molar-refractivity contribution in [2.75, 3.05) is 18.5 Å². The van der Waals surface area contributed by atoms with E-state index in [0.717, 1.165) is 23.9 Å². The van der Waals surface area contributed by atoms with Gasteiger partial charge in [0.2, 0.25) is 5.91 Å². The van der Waals surface area contributed by atoms with Crippen LogP contribution in [0.3, 0.4) is 0 Å². The summed E-state index contributed by atoms with van der Waals surface area (Å²) in [6, 6.07) is 9.26. The highest BCUT2D eigenvalue weighted by Crippen LogP contribution is 2.52. The molecule has 1 saturated carbocycles. The summed E-state index contributed by atoms with van der Waals surface area (Å²) >= 11 is 0. The molecule has 0 bridgehead atoms. The molecular formula is C33H41F3N2O5. The van der Waals surface area contributed by atoms with Crippen LogP contribution in [0, 0.1) is 11.7 Å². The Labute approximate surface area is 250 Å². The van der Waals surface area contributed by atoms with Gasteiger partial charge in [-0.25, -0.2) is 4.39 Å². The van der Waals surface area contributed by atoms with Crippen LogP contribution in [0.15, 0.2) is 36.4 Å². The van der Waals surface area contributed by atoms with Gasteiger partial charge < -0.3 is 29.2 Å². The molecule has 10 heteroatoms. The molecule has 1 fully saturated rings. The number of carbonyl (C=O) groups excluding carboxylic acids is 1. The maximum absolute atomic E-state index is 15.6. The van der Waals surface area contributed by atoms with Gasteiger partial charge >= 0.3 is 6.29 Å². The van der Waals surface area contributed by atoms with Crippen LogP contribution in [0.2, 0.25) is 0 Å². The molecule has 1 amide bonds. The van der Waals surface area contributed by atoms with Crippen molar-refractivity contribution in [1.82, 2.24) is 4.57 Å². The molecule has 43 heavy (non-hydrogen) atoms. The third kappa shape index (κ3) is 6.22. The van der Waals surface area contributed by atoms with Crippen molar-refractivity contribution < 1.29 is 37.3 Å². The second-order valence-electron chi connectivity index (χ2n) is 13.4. The topological polar surface area (TPSA) is 82.0 Å². The Kier molecular flexibility index (Phi) is 8.01. The van der Waals surface area contributed by atoms with Crippen LogP contribution >= 0.6 is 0 Å². The second-order valence-corrected chi connectivity index (χ2v) is 13.4. The molecule has 7 nitrogen and oxygen atoms in total. The van der Waals surface area contributed by atoms with Crippen LogP contribution in [0.25, 0.3) is 10.9 Å². The lowest BCUT2D eigenvalue weighted by atomic mass is 9.90. The molecule has 1 unspecified atom stereocenters. The highest BCUT2D eigenvalue weighted by Gasteiger charge is 2.53. The largest absolute Gasteiger partial charge is 0.586 e. The Balaban J connectivity index is 1.40. The summed E-state index contributed by atoms with van der Waals surface area (Å²) in [5.74, 6) is -1.14. The minimum Gasteiger partial charge on any atom is -0.395 e. The van der Waals surface area contributed by atoms with Gasteiger partial charge in [0, 0.05) is 29.1 Å². The fourth-order valence-electron chi connectivity index (χ4n) is 5.88. The number of aliphatic hydroxyl groups is 1. The van der Waals surface area contributed by atoms with E-state index < -0.39 is 28.8 Å². The van der Waals surface area contributed by atoms with Crippen molar-refractivity contribution in [2.24, 2.45) is 5.92 Å². The number of rotatable bonds is 12. The lowest BCUT2D eigenvalue weighted by Crippen LogP contribution is -2.30. The van der Waals surface area contributed by atoms with Crippen LogP contribution in [0.5, 0.6) is 11.5 Å². The number of benzene rings is 2. The average molecular weight is 603 g/mol. The predicted molar refractivity (Wildman–Crippen MR) is 158 cm³/mol. The fourth-order valence-corrected chi connectivity index (χ4v) is 5.88. The summed E-state index contributed by atoms with van der Waals surface area (Å²) in [7, 11) is 0. The number of aliphatic hydroxyl groups excluding tert-OH is 1. The minimum absolute atomic E-state index is 0.0271. The SMILES string of the molecule is CCCC(C)(C)OCC(C)Cn1c(C(C)(C)CO)cc2cc(NC(=O)C3(c4ccc5c(c4)OC(F)(F)O5)CC3)c(F)cc21. The lowest BCUT2D eigenvalue weighted by Gasteiger charge is -2.29. The first-order chi connectivity index (χ1) is 20.1. The van der Waals surface area contributed by atoms with Crippen molar-refractivity contribution in [3.8, 4) is 11.5 Å². The molecule has 0 radical (unpaired) electrons. The van der Waals surface area contributed by atoms with Crippen molar-refractivity contribution in [1.29, 1.82) is 0 Å². The first-order valence-corrected chi connectivity index (χ1v) is 14.9. The molecule has 1 aromatic heterocycles. The molecule has 2 aromatic carbocycles. The summed E-state index contributed by atoms with van der Waals surface area (Å²) in [4.78, 5) is 13.5. The van der Waals surface area contributed by atoms with E-state index in [-0.39, 0.29) is 35.3 Å². The van der Waals surface area contributed by atoms with Crippen LogP contribution in [-0.4, -0.2) is 40.7 Å². The first-order valence-electron chi connectivity index (χ1n) is 14.9. The fraction of sp³-hybridized carbons (Fsp3) is 0.545. The van der Waals surface area contributed by atoms with Gasteiger partial charge in [0.25, 0.3) is 0 Å². The smallest absolute Gasteiger partial charge is 0.395 e.